The molecule has 0 spiro atoms. The number of nitrogens with zero attached hydrogens (tertiary/aromatic N) is 3. The number of benzene rings is 2. The van der Waals surface area contributed by atoms with Gasteiger partial charge in [0.2, 0.25) is 5.91 Å². The second kappa shape index (κ2) is 11.8. The van der Waals surface area contributed by atoms with Crippen LogP contribution in [0.1, 0.15) is 18.2 Å². The van der Waals surface area contributed by atoms with Crippen molar-refractivity contribution in [1.82, 2.24) is 19.8 Å². The highest BCUT2D eigenvalue weighted by molar-refractivity contribution is 6.05. The van der Waals surface area contributed by atoms with E-state index in [0.717, 1.165) is 19.3 Å². The number of amides is 2. The first-order valence-electron chi connectivity index (χ1n) is 11.9. The number of hydrogen-bond acceptors (Lipinski definition) is 5. The predicted octanol–water partition coefficient (Wildman–Crippen LogP) is 3.63. The minimum atomic E-state index is -4.56. The van der Waals surface area contributed by atoms with E-state index >= 15 is 0 Å². The number of halogens is 3. The van der Waals surface area contributed by atoms with E-state index in [4.69, 9.17) is 4.74 Å². The molecule has 0 saturated carbocycles. The molecule has 2 amide bonds. The van der Waals surface area contributed by atoms with Crippen molar-refractivity contribution in [3.05, 3.63) is 66.0 Å². The molecule has 2 N–H and O–H groups in total. The molecule has 0 aliphatic carbocycles. The highest BCUT2D eigenvalue weighted by atomic mass is 19.4. The van der Waals surface area contributed by atoms with Gasteiger partial charge in [-0.2, -0.15) is 13.2 Å². The lowest BCUT2D eigenvalue weighted by atomic mass is 10.1. The van der Waals surface area contributed by atoms with Crippen molar-refractivity contribution in [2.45, 2.75) is 13.1 Å². The molecule has 11 heteroatoms. The van der Waals surface area contributed by atoms with Crippen molar-refractivity contribution < 1.29 is 27.5 Å². The molecule has 38 heavy (non-hydrogen) atoms. The monoisotopic (exact) mass is 525 g/mol. The minimum absolute atomic E-state index is 0.00177. The Morgan fingerprint density at radius 3 is 2.50 bits per heavy atom. The van der Waals surface area contributed by atoms with E-state index in [1.807, 2.05) is 6.07 Å². The summed E-state index contributed by atoms with van der Waals surface area (Å²) in [7, 11) is 0. The number of anilines is 1. The first kappa shape index (κ1) is 26.8. The second-order valence-electron chi connectivity index (χ2n) is 8.62. The van der Waals surface area contributed by atoms with E-state index in [2.05, 4.69) is 32.0 Å². The smallest absolute Gasteiger partial charge is 0.432 e. The normalized spacial score (nSPS) is 13.9. The molecule has 1 aliphatic heterocycles. The number of aromatic amines is 1. The molecule has 1 saturated heterocycles. The summed E-state index contributed by atoms with van der Waals surface area (Å²) >= 11 is 0. The predicted molar refractivity (Wildman–Crippen MR) is 135 cm³/mol. The molecule has 0 bridgehead atoms. The van der Waals surface area contributed by atoms with Crippen LogP contribution in [0.3, 0.4) is 0 Å². The highest BCUT2D eigenvalue weighted by Gasteiger charge is 2.33. The first-order valence-corrected chi connectivity index (χ1v) is 11.9. The van der Waals surface area contributed by atoms with Gasteiger partial charge in [-0.05, 0) is 30.3 Å². The quantitative estimate of drug-likeness (QED) is 0.480. The third-order valence-electron chi connectivity index (χ3n) is 5.96. The van der Waals surface area contributed by atoms with Gasteiger partial charge in [0.15, 0.2) is 0 Å². The third kappa shape index (κ3) is 7.14. The SMILES string of the molecule is CC(=O)N1CCN(CCOc2ccc(-c3ncc(C(F)(F)F)[nH]3)cc2NC(=O)C#Cc2ccccc2)CC1. The molecular weight excluding hydrogens is 499 g/mol. The fourth-order valence-electron chi connectivity index (χ4n) is 3.89. The van der Waals surface area contributed by atoms with Crippen LogP contribution in [0.15, 0.2) is 54.7 Å². The molecule has 0 radical (unpaired) electrons. The summed E-state index contributed by atoms with van der Waals surface area (Å²) in [6.45, 7) is 5.19. The van der Waals surface area contributed by atoms with Crippen LogP contribution in [-0.4, -0.2) is 70.9 Å². The summed E-state index contributed by atoms with van der Waals surface area (Å²) in [5.41, 5.74) is 0.269. The molecule has 0 unspecified atom stereocenters. The fourth-order valence-corrected chi connectivity index (χ4v) is 3.89. The van der Waals surface area contributed by atoms with Crippen molar-refractivity contribution in [3.8, 4) is 29.0 Å². The zero-order valence-corrected chi connectivity index (χ0v) is 20.6. The molecule has 0 atom stereocenters. The van der Waals surface area contributed by atoms with Gasteiger partial charge in [0, 0.05) is 56.7 Å². The number of carbonyl (C=O) groups excluding carboxylic acids is 2. The number of piperazine rings is 1. The maximum Gasteiger partial charge on any atom is 0.432 e. The summed E-state index contributed by atoms with van der Waals surface area (Å²) in [5, 5.41) is 2.68. The molecular formula is C27H26F3N5O3. The summed E-state index contributed by atoms with van der Waals surface area (Å²) in [4.78, 5) is 34.1. The van der Waals surface area contributed by atoms with E-state index < -0.39 is 17.8 Å². The standard InChI is InChI=1S/C27H26F3N5O3/c1-19(36)35-13-11-34(12-14-35)15-16-38-23-9-8-21(26-31-18-24(33-26)27(28,29)30)17-22(23)32-25(37)10-7-20-5-3-2-4-6-20/h2-6,8-9,17-18H,11-16H2,1H3,(H,31,33)(H,32,37). The largest absolute Gasteiger partial charge is 0.490 e. The van der Waals surface area contributed by atoms with Crippen LogP contribution in [0.4, 0.5) is 18.9 Å². The molecule has 4 rings (SSSR count). The van der Waals surface area contributed by atoms with Gasteiger partial charge in [-0.25, -0.2) is 4.98 Å². The van der Waals surface area contributed by atoms with Crippen molar-refractivity contribution >= 4 is 17.5 Å². The van der Waals surface area contributed by atoms with E-state index in [1.54, 1.807) is 48.2 Å². The van der Waals surface area contributed by atoms with Crippen LogP contribution in [0, 0.1) is 11.8 Å². The van der Waals surface area contributed by atoms with Crippen LogP contribution >= 0.6 is 0 Å². The van der Waals surface area contributed by atoms with Gasteiger partial charge in [-0.15, -0.1) is 0 Å². The fraction of sp³-hybridized carbons (Fsp3) is 0.296. The number of rotatable bonds is 6. The van der Waals surface area contributed by atoms with Crippen LogP contribution in [0.25, 0.3) is 11.4 Å². The second-order valence-corrected chi connectivity index (χ2v) is 8.62. The Labute approximate surface area is 217 Å². The zero-order chi connectivity index (χ0) is 27.1. The average molecular weight is 526 g/mol. The Balaban J connectivity index is 1.48. The maximum absolute atomic E-state index is 13.0. The van der Waals surface area contributed by atoms with Gasteiger partial charge in [0.25, 0.3) is 0 Å². The van der Waals surface area contributed by atoms with Gasteiger partial charge in [-0.3, -0.25) is 14.5 Å². The number of hydrogen-bond donors (Lipinski definition) is 2. The number of H-pyrrole nitrogens is 1. The Bertz CT molecular complexity index is 1340. The number of aromatic nitrogens is 2. The first-order chi connectivity index (χ1) is 18.2. The summed E-state index contributed by atoms with van der Waals surface area (Å²) < 4.78 is 45.0. The van der Waals surface area contributed by atoms with Crippen molar-refractivity contribution in [3.63, 3.8) is 0 Å². The van der Waals surface area contributed by atoms with Gasteiger partial charge in [0.1, 0.15) is 23.9 Å². The van der Waals surface area contributed by atoms with Crippen LogP contribution in [-0.2, 0) is 15.8 Å². The Hall–Kier alpha value is -4.30. The maximum atomic E-state index is 13.0. The zero-order valence-electron chi connectivity index (χ0n) is 20.6. The number of ether oxygens (including phenoxy) is 1. The third-order valence-corrected chi connectivity index (χ3v) is 5.96. The lowest BCUT2D eigenvalue weighted by Gasteiger charge is -2.34. The molecule has 2 heterocycles. The summed E-state index contributed by atoms with van der Waals surface area (Å²) in [6, 6.07) is 13.6. The minimum Gasteiger partial charge on any atom is -0.490 e. The molecule has 198 valence electrons. The van der Waals surface area contributed by atoms with Gasteiger partial charge < -0.3 is 19.9 Å². The molecule has 1 aromatic heterocycles. The van der Waals surface area contributed by atoms with Crippen molar-refractivity contribution in [1.29, 1.82) is 0 Å². The summed E-state index contributed by atoms with van der Waals surface area (Å²) in [5.74, 6) is 5.06. The Morgan fingerprint density at radius 1 is 1.11 bits per heavy atom. The Kier molecular flexibility index (Phi) is 8.33. The van der Waals surface area contributed by atoms with E-state index in [9.17, 15) is 22.8 Å². The van der Waals surface area contributed by atoms with E-state index in [1.165, 1.54) is 6.07 Å². The number of imidazole rings is 1. The van der Waals surface area contributed by atoms with Crippen molar-refractivity contribution in [2.24, 2.45) is 0 Å². The lowest BCUT2D eigenvalue weighted by Crippen LogP contribution is -2.48. The van der Waals surface area contributed by atoms with Crippen molar-refractivity contribution in [2.75, 3.05) is 44.6 Å². The van der Waals surface area contributed by atoms with E-state index in [-0.39, 0.29) is 17.4 Å². The van der Waals surface area contributed by atoms with Crippen LogP contribution in [0.2, 0.25) is 0 Å². The number of nitrogens with one attached hydrogen (secondary N) is 2. The average Bonchev–Trinajstić information content (AvgIpc) is 3.40. The van der Waals surface area contributed by atoms with E-state index in [0.29, 0.717) is 43.1 Å². The van der Waals surface area contributed by atoms with Crippen LogP contribution < -0.4 is 10.1 Å². The Morgan fingerprint density at radius 2 is 1.84 bits per heavy atom. The molecule has 2 aromatic carbocycles. The van der Waals surface area contributed by atoms with Gasteiger partial charge in [0.05, 0.1) is 11.9 Å². The lowest BCUT2D eigenvalue weighted by molar-refractivity contribution is -0.140. The molecule has 1 fully saturated rings. The molecule has 1 aliphatic rings. The highest BCUT2D eigenvalue weighted by Crippen LogP contribution is 2.33. The van der Waals surface area contributed by atoms with Gasteiger partial charge >= 0.3 is 12.1 Å². The number of carbonyl (C=O) groups is 2. The number of alkyl halides is 3. The van der Waals surface area contributed by atoms with Gasteiger partial charge in [-0.1, -0.05) is 24.1 Å². The topological polar surface area (TPSA) is 90.6 Å². The molecule has 8 nitrogen and oxygen atoms in total. The summed E-state index contributed by atoms with van der Waals surface area (Å²) in [6.07, 6.45) is -3.84. The molecule has 3 aromatic rings. The van der Waals surface area contributed by atoms with Crippen LogP contribution in [0.5, 0.6) is 5.75 Å².